The maximum Gasteiger partial charge on any atom is 0.293 e. The third-order valence-corrected chi connectivity index (χ3v) is 5.99. The lowest BCUT2D eigenvalue weighted by Crippen LogP contribution is -2.37. The lowest BCUT2D eigenvalue weighted by Gasteiger charge is -2.14. The van der Waals surface area contributed by atoms with Crippen molar-refractivity contribution in [3.05, 3.63) is 86.8 Å². The molecule has 0 saturated carbocycles. The van der Waals surface area contributed by atoms with Crippen molar-refractivity contribution >= 4 is 45.8 Å². The number of pyridine rings is 1. The van der Waals surface area contributed by atoms with Gasteiger partial charge in [-0.3, -0.25) is 24.1 Å². The summed E-state index contributed by atoms with van der Waals surface area (Å²) in [6.45, 7) is -0.0405. The molecule has 3 aromatic rings. The number of nitrogens with one attached hydrogen (secondary N) is 1. The molecule has 0 bridgehead atoms. The standard InChI is InChI=1S/C23H18FN3O4S/c1-26-18-9-5-3-7-15(18)16(13-20(26)28)21(29)25-10-11-27-22(30)19(32-23(27)31)12-14-6-2-4-8-17(14)24/h2-9,12-13H,10-11H2,1H3,(H,25,29)/b19-12+. The molecule has 1 aromatic heterocycles. The Morgan fingerprint density at radius 2 is 1.81 bits per heavy atom. The van der Waals surface area contributed by atoms with E-state index in [1.165, 1.54) is 34.9 Å². The molecule has 1 aliphatic heterocycles. The van der Waals surface area contributed by atoms with Crippen LogP contribution in [0.5, 0.6) is 0 Å². The van der Waals surface area contributed by atoms with Gasteiger partial charge in [0.15, 0.2) is 0 Å². The second-order valence-corrected chi connectivity index (χ2v) is 8.08. The first-order valence-corrected chi connectivity index (χ1v) is 10.6. The molecule has 3 amide bonds. The van der Waals surface area contributed by atoms with Gasteiger partial charge in [0.05, 0.1) is 16.0 Å². The summed E-state index contributed by atoms with van der Waals surface area (Å²) in [7, 11) is 1.63. The molecule has 1 fully saturated rings. The third kappa shape index (κ3) is 4.06. The quantitative estimate of drug-likeness (QED) is 0.602. The Hall–Kier alpha value is -3.72. The van der Waals surface area contributed by atoms with Gasteiger partial charge in [-0.2, -0.15) is 0 Å². The number of imide groups is 1. The largest absolute Gasteiger partial charge is 0.350 e. The molecule has 1 N–H and O–H groups in total. The zero-order valence-electron chi connectivity index (χ0n) is 17.0. The average molecular weight is 451 g/mol. The number of nitrogens with zero attached hydrogens (tertiary/aromatic N) is 2. The predicted octanol–water partition coefficient (Wildman–Crippen LogP) is 3.14. The predicted molar refractivity (Wildman–Crippen MR) is 121 cm³/mol. The molecule has 0 unspecified atom stereocenters. The summed E-state index contributed by atoms with van der Waals surface area (Å²) in [5.41, 5.74) is 0.730. The topological polar surface area (TPSA) is 88.5 Å². The molecular formula is C23H18FN3O4S. The van der Waals surface area contributed by atoms with E-state index in [0.717, 1.165) is 16.7 Å². The number of rotatable bonds is 5. The molecule has 0 radical (unpaired) electrons. The number of aromatic nitrogens is 1. The smallest absolute Gasteiger partial charge is 0.293 e. The van der Waals surface area contributed by atoms with E-state index in [-0.39, 0.29) is 34.7 Å². The molecular weight excluding hydrogens is 433 g/mol. The zero-order chi connectivity index (χ0) is 22.8. The molecule has 0 spiro atoms. The Morgan fingerprint density at radius 1 is 1.09 bits per heavy atom. The Balaban J connectivity index is 1.46. The van der Waals surface area contributed by atoms with Crippen molar-refractivity contribution in [3.8, 4) is 0 Å². The number of hydrogen-bond acceptors (Lipinski definition) is 5. The summed E-state index contributed by atoms with van der Waals surface area (Å²) in [5.74, 6) is -1.52. The Bertz CT molecular complexity index is 1350. The number of fused-ring (bicyclic) bond motifs is 1. The fraction of sp³-hybridized carbons (Fsp3) is 0.130. The number of benzene rings is 2. The maximum atomic E-state index is 13.8. The van der Waals surface area contributed by atoms with E-state index in [9.17, 15) is 23.6 Å². The Kier molecular flexibility index (Phi) is 5.91. The molecule has 162 valence electrons. The fourth-order valence-electron chi connectivity index (χ4n) is 3.40. The normalized spacial score (nSPS) is 15.1. The number of amides is 3. The van der Waals surface area contributed by atoms with Crippen molar-refractivity contribution in [1.29, 1.82) is 0 Å². The van der Waals surface area contributed by atoms with Crippen LogP contribution in [-0.4, -0.2) is 39.6 Å². The molecule has 2 aromatic carbocycles. The molecule has 7 nitrogen and oxygen atoms in total. The number of thioether (sulfide) groups is 1. The van der Waals surface area contributed by atoms with Crippen LogP contribution in [-0.2, 0) is 11.8 Å². The van der Waals surface area contributed by atoms with Crippen LogP contribution in [0.2, 0.25) is 0 Å². The Morgan fingerprint density at radius 3 is 2.59 bits per heavy atom. The first-order chi connectivity index (χ1) is 15.4. The lowest BCUT2D eigenvalue weighted by molar-refractivity contribution is -0.122. The average Bonchev–Trinajstić information content (AvgIpc) is 3.05. The third-order valence-electron chi connectivity index (χ3n) is 5.08. The fourth-order valence-corrected chi connectivity index (χ4v) is 4.26. The van der Waals surface area contributed by atoms with Crippen molar-refractivity contribution in [1.82, 2.24) is 14.8 Å². The summed E-state index contributed by atoms with van der Waals surface area (Å²) < 4.78 is 15.3. The highest BCUT2D eigenvalue weighted by molar-refractivity contribution is 8.18. The van der Waals surface area contributed by atoms with Crippen LogP contribution in [0.3, 0.4) is 0 Å². The highest BCUT2D eigenvalue weighted by atomic mass is 32.2. The number of carbonyl (C=O) groups is 3. The molecule has 0 atom stereocenters. The summed E-state index contributed by atoms with van der Waals surface area (Å²) in [6.07, 6.45) is 1.34. The molecule has 9 heteroatoms. The van der Waals surface area contributed by atoms with Crippen molar-refractivity contribution in [2.24, 2.45) is 7.05 Å². The highest BCUT2D eigenvalue weighted by Crippen LogP contribution is 2.32. The van der Waals surface area contributed by atoms with E-state index < -0.39 is 22.9 Å². The van der Waals surface area contributed by atoms with Gasteiger partial charge >= 0.3 is 0 Å². The minimum atomic E-state index is -0.545. The van der Waals surface area contributed by atoms with Gasteiger partial charge in [-0.05, 0) is 30.0 Å². The van der Waals surface area contributed by atoms with E-state index in [1.54, 1.807) is 37.4 Å². The molecule has 1 aliphatic rings. The Labute approximate surface area is 186 Å². The number of halogens is 1. The monoisotopic (exact) mass is 451 g/mol. The van der Waals surface area contributed by atoms with Crippen LogP contribution in [0.15, 0.2) is 64.3 Å². The van der Waals surface area contributed by atoms with Gasteiger partial charge in [-0.1, -0.05) is 36.4 Å². The summed E-state index contributed by atoms with van der Waals surface area (Å²) in [6, 6.07) is 14.2. The SMILES string of the molecule is Cn1c(=O)cc(C(=O)NCCN2C(=O)S/C(=C/c3ccccc3F)C2=O)c2ccccc21. The second-order valence-electron chi connectivity index (χ2n) is 7.08. The van der Waals surface area contributed by atoms with Gasteiger partial charge in [0.2, 0.25) is 0 Å². The maximum absolute atomic E-state index is 13.8. The highest BCUT2D eigenvalue weighted by Gasteiger charge is 2.34. The molecule has 2 heterocycles. The van der Waals surface area contributed by atoms with E-state index in [0.29, 0.717) is 10.9 Å². The number of aryl methyl sites for hydroxylation is 1. The molecule has 1 saturated heterocycles. The van der Waals surface area contributed by atoms with Crippen LogP contribution in [0.25, 0.3) is 17.0 Å². The van der Waals surface area contributed by atoms with Crippen molar-refractivity contribution in [2.45, 2.75) is 0 Å². The van der Waals surface area contributed by atoms with Crippen LogP contribution in [0.4, 0.5) is 9.18 Å². The number of hydrogen-bond donors (Lipinski definition) is 1. The van der Waals surface area contributed by atoms with Gasteiger partial charge in [0, 0.05) is 37.2 Å². The summed E-state index contributed by atoms with van der Waals surface area (Å²) in [5, 5.41) is 2.78. The molecule has 4 rings (SSSR count). The van der Waals surface area contributed by atoms with Gasteiger partial charge in [0.1, 0.15) is 5.82 Å². The molecule has 32 heavy (non-hydrogen) atoms. The van der Waals surface area contributed by atoms with Gasteiger partial charge in [-0.15, -0.1) is 0 Å². The second kappa shape index (κ2) is 8.80. The van der Waals surface area contributed by atoms with Gasteiger partial charge in [0.25, 0.3) is 22.6 Å². The van der Waals surface area contributed by atoms with E-state index in [4.69, 9.17) is 0 Å². The van der Waals surface area contributed by atoms with Crippen LogP contribution in [0.1, 0.15) is 15.9 Å². The zero-order valence-corrected chi connectivity index (χ0v) is 17.8. The van der Waals surface area contributed by atoms with E-state index >= 15 is 0 Å². The van der Waals surface area contributed by atoms with Crippen molar-refractivity contribution < 1.29 is 18.8 Å². The first-order valence-electron chi connectivity index (χ1n) is 9.73. The summed E-state index contributed by atoms with van der Waals surface area (Å²) >= 11 is 0.721. The van der Waals surface area contributed by atoms with Crippen molar-refractivity contribution in [2.75, 3.05) is 13.1 Å². The minimum Gasteiger partial charge on any atom is -0.350 e. The lowest BCUT2D eigenvalue weighted by atomic mass is 10.1. The summed E-state index contributed by atoms with van der Waals surface area (Å²) in [4.78, 5) is 50.8. The number of carbonyl (C=O) groups excluding carboxylic acids is 3. The van der Waals surface area contributed by atoms with E-state index in [2.05, 4.69) is 5.32 Å². The van der Waals surface area contributed by atoms with Crippen LogP contribution in [0, 0.1) is 5.82 Å². The van der Waals surface area contributed by atoms with Crippen LogP contribution < -0.4 is 10.9 Å². The molecule has 0 aliphatic carbocycles. The van der Waals surface area contributed by atoms with Gasteiger partial charge < -0.3 is 9.88 Å². The van der Waals surface area contributed by atoms with Crippen LogP contribution >= 0.6 is 11.8 Å². The van der Waals surface area contributed by atoms with Crippen molar-refractivity contribution in [3.63, 3.8) is 0 Å². The minimum absolute atomic E-state index is 0.00733. The number of para-hydroxylation sites is 1. The first kappa shape index (κ1) is 21.5. The van der Waals surface area contributed by atoms with Gasteiger partial charge in [-0.25, -0.2) is 4.39 Å². The van der Waals surface area contributed by atoms with E-state index in [1.807, 2.05) is 0 Å².